The molecule has 0 aromatic heterocycles. The molecule has 0 amide bonds. The quantitative estimate of drug-likeness (QED) is 0.496. The average Bonchev–Trinajstić information content (AvgIpc) is 2.33. The van der Waals surface area contributed by atoms with Crippen LogP contribution in [0.1, 0.15) is 46.0 Å². The molecular weight excluding hydrogens is 198 g/mol. The van der Waals surface area contributed by atoms with Crippen LogP contribution in [-0.4, -0.2) is 32.7 Å². The average molecular weight is 225 g/mol. The molecule has 2 heteroatoms. The first-order valence-electron chi connectivity index (χ1n) is 6.65. The molecule has 0 bridgehead atoms. The van der Waals surface area contributed by atoms with Gasteiger partial charge in [0.1, 0.15) is 0 Å². The smallest absolute Gasteiger partial charge is 0.0484 e. The van der Waals surface area contributed by atoms with E-state index in [-0.39, 0.29) is 9.52 Å². The van der Waals surface area contributed by atoms with E-state index in [1.54, 1.807) is 0 Å². The number of hydrogen-bond donors (Lipinski definition) is 0. The van der Waals surface area contributed by atoms with Crippen molar-refractivity contribution in [2.24, 2.45) is 0 Å². The molecule has 1 aliphatic rings. The van der Waals surface area contributed by atoms with E-state index in [2.05, 4.69) is 31.4 Å². The lowest BCUT2D eigenvalue weighted by Gasteiger charge is -2.45. The number of allylic oxidation sites excluding steroid dienone is 1. The van der Waals surface area contributed by atoms with Crippen LogP contribution < -0.4 is 0 Å². The summed E-state index contributed by atoms with van der Waals surface area (Å²) >= 11 is 0. The number of rotatable bonds is 6. The van der Waals surface area contributed by atoms with Crippen LogP contribution in [0.25, 0.3) is 0 Å². The van der Waals surface area contributed by atoms with E-state index >= 15 is 0 Å². The maximum Gasteiger partial charge on any atom is 0.0484 e. The zero-order valence-corrected chi connectivity index (χ0v) is 12.0. The Bertz CT molecular complexity index is 181. The molecule has 1 nitrogen and oxygen atoms in total. The third-order valence-electron chi connectivity index (χ3n) is 4.16. The van der Waals surface area contributed by atoms with Gasteiger partial charge in [-0.25, -0.2) is 0 Å². The van der Waals surface area contributed by atoms with Crippen molar-refractivity contribution in [3.63, 3.8) is 0 Å². The molecule has 0 atom stereocenters. The fourth-order valence-corrected chi connectivity index (χ4v) is 5.03. The highest BCUT2D eigenvalue weighted by atomic mass is 28.2. The molecule has 0 unspecified atom stereocenters. The fourth-order valence-electron chi connectivity index (χ4n) is 2.95. The van der Waals surface area contributed by atoms with Gasteiger partial charge < -0.3 is 4.90 Å². The molecule has 0 saturated carbocycles. The van der Waals surface area contributed by atoms with Crippen molar-refractivity contribution in [1.82, 2.24) is 4.90 Å². The third-order valence-corrected chi connectivity index (χ3v) is 7.23. The predicted molar refractivity (Wildman–Crippen MR) is 72.3 cm³/mol. The lowest BCUT2D eigenvalue weighted by atomic mass is 10.0. The Balaban J connectivity index is 2.63. The summed E-state index contributed by atoms with van der Waals surface area (Å²) in [6.45, 7) is 11.4. The van der Waals surface area contributed by atoms with Crippen LogP contribution in [0.2, 0.25) is 6.04 Å². The van der Waals surface area contributed by atoms with E-state index in [4.69, 9.17) is 0 Å². The molecule has 1 heterocycles. The Hall–Kier alpha value is -0.0831. The monoisotopic (exact) mass is 225 g/mol. The van der Waals surface area contributed by atoms with Gasteiger partial charge in [0.25, 0.3) is 0 Å². The second kappa shape index (κ2) is 6.49. The van der Waals surface area contributed by atoms with Crippen LogP contribution in [0.5, 0.6) is 0 Å². The maximum absolute atomic E-state index is 3.89. The molecule has 0 aromatic rings. The van der Waals surface area contributed by atoms with Gasteiger partial charge in [-0.15, -0.1) is 6.58 Å². The first-order chi connectivity index (χ1) is 7.29. The van der Waals surface area contributed by atoms with Crippen LogP contribution in [0.15, 0.2) is 12.7 Å². The van der Waals surface area contributed by atoms with Crippen molar-refractivity contribution >= 4 is 9.52 Å². The van der Waals surface area contributed by atoms with Gasteiger partial charge in [-0.2, -0.15) is 0 Å². The standard InChI is InChI=1S/C13H27NSi/c1-4-12-15-13(5-2,6-3)14-10-8-7-9-11-14/h4H,1,5-12,15H2,2-3H3. The van der Waals surface area contributed by atoms with Crippen molar-refractivity contribution in [3.05, 3.63) is 12.7 Å². The fraction of sp³-hybridized carbons (Fsp3) is 0.846. The predicted octanol–water partition coefficient (Wildman–Crippen LogP) is 2.76. The first kappa shape index (κ1) is 13.0. The molecule has 1 rings (SSSR count). The molecule has 88 valence electrons. The van der Waals surface area contributed by atoms with Gasteiger partial charge in [0, 0.05) is 14.7 Å². The highest BCUT2D eigenvalue weighted by Gasteiger charge is 2.33. The minimum atomic E-state index is -0.0186. The molecule has 0 N–H and O–H groups in total. The number of nitrogens with zero attached hydrogens (tertiary/aromatic N) is 1. The normalized spacial score (nSPS) is 19.9. The minimum absolute atomic E-state index is 0.0186. The summed E-state index contributed by atoms with van der Waals surface area (Å²) in [5.74, 6) is 0. The molecule has 0 aromatic carbocycles. The van der Waals surface area contributed by atoms with Crippen molar-refractivity contribution in [2.45, 2.75) is 57.2 Å². The topological polar surface area (TPSA) is 3.24 Å². The molecule has 0 spiro atoms. The summed E-state index contributed by atoms with van der Waals surface area (Å²) in [6, 6.07) is 1.30. The molecule has 15 heavy (non-hydrogen) atoms. The van der Waals surface area contributed by atoms with E-state index in [0.717, 1.165) is 0 Å². The molecular formula is C13H27NSi. The summed E-state index contributed by atoms with van der Waals surface area (Å²) in [5.41, 5.74) is 0. The zero-order chi connectivity index (χ0) is 11.1. The van der Waals surface area contributed by atoms with E-state index in [1.165, 1.54) is 51.2 Å². The van der Waals surface area contributed by atoms with Gasteiger partial charge in [-0.1, -0.05) is 26.3 Å². The Kier molecular flexibility index (Phi) is 5.62. The third kappa shape index (κ3) is 3.18. The minimum Gasteiger partial charge on any atom is -0.301 e. The summed E-state index contributed by atoms with van der Waals surface area (Å²) in [4.78, 5) is 2.81. The highest BCUT2D eigenvalue weighted by molar-refractivity contribution is 6.40. The maximum atomic E-state index is 3.89. The SMILES string of the molecule is C=CC[SiH2]C(CC)(CC)N1CCCCC1. The van der Waals surface area contributed by atoms with Gasteiger partial charge in [0.2, 0.25) is 0 Å². The summed E-state index contributed by atoms with van der Waals surface area (Å²) in [6.07, 6.45) is 9.13. The van der Waals surface area contributed by atoms with Crippen molar-refractivity contribution in [2.75, 3.05) is 13.1 Å². The zero-order valence-electron chi connectivity index (χ0n) is 10.6. The Labute approximate surface area is 97.8 Å². The summed E-state index contributed by atoms with van der Waals surface area (Å²) in [7, 11) is -0.0186. The Morgan fingerprint density at radius 3 is 2.27 bits per heavy atom. The second-order valence-electron chi connectivity index (χ2n) is 4.81. The van der Waals surface area contributed by atoms with Crippen molar-refractivity contribution in [1.29, 1.82) is 0 Å². The van der Waals surface area contributed by atoms with Crippen LogP contribution in [0.4, 0.5) is 0 Å². The van der Waals surface area contributed by atoms with Crippen LogP contribution in [0.3, 0.4) is 0 Å². The molecule has 1 aliphatic heterocycles. The van der Waals surface area contributed by atoms with Crippen molar-refractivity contribution in [3.8, 4) is 0 Å². The lowest BCUT2D eigenvalue weighted by molar-refractivity contribution is 0.120. The largest absolute Gasteiger partial charge is 0.301 e. The van der Waals surface area contributed by atoms with E-state index in [9.17, 15) is 0 Å². The molecule has 1 saturated heterocycles. The molecule has 0 radical (unpaired) electrons. The Morgan fingerprint density at radius 1 is 1.20 bits per heavy atom. The van der Waals surface area contributed by atoms with E-state index in [0.29, 0.717) is 5.16 Å². The molecule has 0 aliphatic carbocycles. The van der Waals surface area contributed by atoms with Crippen LogP contribution in [-0.2, 0) is 0 Å². The van der Waals surface area contributed by atoms with Crippen molar-refractivity contribution < 1.29 is 0 Å². The second-order valence-corrected chi connectivity index (χ2v) is 7.20. The van der Waals surface area contributed by atoms with E-state index in [1.807, 2.05) is 0 Å². The summed E-state index contributed by atoms with van der Waals surface area (Å²) < 4.78 is 0. The lowest BCUT2D eigenvalue weighted by Crippen LogP contribution is -2.54. The first-order valence-corrected chi connectivity index (χ1v) is 8.35. The van der Waals surface area contributed by atoms with Gasteiger partial charge >= 0.3 is 0 Å². The van der Waals surface area contributed by atoms with Gasteiger partial charge in [-0.3, -0.25) is 0 Å². The van der Waals surface area contributed by atoms with Gasteiger partial charge in [0.15, 0.2) is 0 Å². The van der Waals surface area contributed by atoms with E-state index < -0.39 is 0 Å². The van der Waals surface area contributed by atoms with Crippen LogP contribution >= 0.6 is 0 Å². The van der Waals surface area contributed by atoms with Gasteiger partial charge in [0.05, 0.1) is 0 Å². The summed E-state index contributed by atoms with van der Waals surface area (Å²) in [5, 5.41) is 0.606. The van der Waals surface area contributed by atoms with Gasteiger partial charge in [-0.05, 0) is 44.8 Å². The number of hydrogen-bond acceptors (Lipinski definition) is 1. The Morgan fingerprint density at radius 2 is 1.80 bits per heavy atom. The number of likely N-dealkylation sites (tertiary alicyclic amines) is 1. The highest BCUT2D eigenvalue weighted by Crippen LogP contribution is 2.27. The van der Waals surface area contributed by atoms with Crippen LogP contribution in [0, 0.1) is 0 Å². The number of piperidine rings is 1. The molecule has 1 fully saturated rings.